The van der Waals surface area contributed by atoms with Crippen molar-refractivity contribution in [1.29, 1.82) is 0 Å². The van der Waals surface area contributed by atoms with E-state index in [2.05, 4.69) is 5.32 Å². The molecule has 0 aliphatic rings. The third-order valence-electron chi connectivity index (χ3n) is 5.29. The van der Waals surface area contributed by atoms with Crippen LogP contribution in [0.15, 0.2) is 48.5 Å². The predicted molar refractivity (Wildman–Crippen MR) is 119 cm³/mol. The Labute approximate surface area is 179 Å². The number of carbonyl (C=O) groups excluding carboxylic acids is 2. The molecule has 0 aliphatic carbocycles. The van der Waals surface area contributed by atoms with Crippen LogP contribution in [0.3, 0.4) is 0 Å². The van der Waals surface area contributed by atoms with Crippen LogP contribution in [0.25, 0.3) is 0 Å². The van der Waals surface area contributed by atoms with E-state index in [-0.39, 0.29) is 24.3 Å². The molecular weight excluding hydrogens is 384 g/mol. The summed E-state index contributed by atoms with van der Waals surface area (Å²) in [6.45, 7) is 8.22. The van der Waals surface area contributed by atoms with Gasteiger partial charge in [-0.2, -0.15) is 0 Å². The van der Waals surface area contributed by atoms with Gasteiger partial charge in [0.25, 0.3) is 0 Å². The second-order valence-electron chi connectivity index (χ2n) is 7.46. The molecule has 0 unspecified atom stereocenters. The number of nitrogens with one attached hydrogen (secondary N) is 1. The van der Waals surface area contributed by atoms with Gasteiger partial charge >= 0.3 is 0 Å². The van der Waals surface area contributed by atoms with Gasteiger partial charge in [0.05, 0.1) is 6.42 Å². The molecule has 4 nitrogen and oxygen atoms in total. The maximum absolute atomic E-state index is 13.3. The zero-order valence-electron chi connectivity index (χ0n) is 17.7. The van der Waals surface area contributed by atoms with E-state index in [9.17, 15) is 9.59 Å². The highest BCUT2D eigenvalue weighted by Crippen LogP contribution is 2.21. The lowest BCUT2D eigenvalue weighted by atomic mass is 10.0. The van der Waals surface area contributed by atoms with Crippen LogP contribution in [0.4, 0.5) is 0 Å². The molecule has 2 aromatic rings. The highest BCUT2D eigenvalue weighted by molar-refractivity contribution is 6.31. The van der Waals surface area contributed by atoms with Crippen molar-refractivity contribution in [2.75, 3.05) is 0 Å². The normalized spacial score (nSPS) is 12.9. The minimum Gasteiger partial charge on any atom is -0.352 e. The van der Waals surface area contributed by atoms with Gasteiger partial charge in [0.15, 0.2) is 0 Å². The van der Waals surface area contributed by atoms with Crippen LogP contribution >= 0.6 is 11.6 Å². The Morgan fingerprint density at radius 1 is 1.00 bits per heavy atom. The summed E-state index contributed by atoms with van der Waals surface area (Å²) < 4.78 is 0. The minimum absolute atomic E-state index is 0.0604. The molecule has 2 atom stereocenters. The number of aryl methyl sites for hydroxylation is 1. The quantitative estimate of drug-likeness (QED) is 0.633. The molecule has 5 heteroatoms. The second kappa shape index (κ2) is 11.0. The van der Waals surface area contributed by atoms with Gasteiger partial charge in [-0.3, -0.25) is 9.59 Å². The lowest BCUT2D eigenvalue weighted by Gasteiger charge is -2.32. The summed E-state index contributed by atoms with van der Waals surface area (Å²) in [4.78, 5) is 28.0. The van der Waals surface area contributed by atoms with E-state index >= 15 is 0 Å². The summed E-state index contributed by atoms with van der Waals surface area (Å²) in [6, 6.07) is 14.8. The molecule has 0 radical (unpaired) electrons. The number of hydrogen-bond acceptors (Lipinski definition) is 2. The molecular formula is C24H31ClN2O2. The van der Waals surface area contributed by atoms with Crippen molar-refractivity contribution in [1.82, 2.24) is 10.2 Å². The van der Waals surface area contributed by atoms with E-state index in [1.54, 1.807) is 11.0 Å². The van der Waals surface area contributed by atoms with Gasteiger partial charge in [0.1, 0.15) is 6.04 Å². The number of rotatable bonds is 9. The number of benzene rings is 2. The molecule has 0 bridgehead atoms. The summed E-state index contributed by atoms with van der Waals surface area (Å²) in [5, 5.41) is 3.62. The van der Waals surface area contributed by atoms with E-state index in [0.29, 0.717) is 18.0 Å². The molecule has 0 heterocycles. The highest BCUT2D eigenvalue weighted by Gasteiger charge is 2.29. The van der Waals surface area contributed by atoms with Crippen molar-refractivity contribution in [3.8, 4) is 0 Å². The van der Waals surface area contributed by atoms with Crippen LogP contribution in [0.2, 0.25) is 5.02 Å². The Bertz CT molecular complexity index is 837. The molecule has 0 aromatic heterocycles. The van der Waals surface area contributed by atoms with Gasteiger partial charge in [-0.1, -0.05) is 67.9 Å². The second-order valence-corrected chi connectivity index (χ2v) is 7.87. The summed E-state index contributed by atoms with van der Waals surface area (Å²) >= 11 is 6.35. The molecule has 0 saturated carbocycles. The zero-order valence-corrected chi connectivity index (χ0v) is 18.5. The predicted octanol–water partition coefficient (Wildman–Crippen LogP) is 4.91. The van der Waals surface area contributed by atoms with E-state index in [1.807, 2.05) is 70.2 Å². The average molecular weight is 415 g/mol. The number of halogens is 1. The van der Waals surface area contributed by atoms with Crippen molar-refractivity contribution in [3.05, 3.63) is 70.2 Å². The van der Waals surface area contributed by atoms with Crippen molar-refractivity contribution in [2.45, 2.75) is 65.6 Å². The Balaban J connectivity index is 2.33. The SMILES string of the molecule is CC[C@H](C(=O)N[C@@H](C)CC)N(Cc1ccccc1Cl)C(=O)Cc1ccccc1C. The van der Waals surface area contributed by atoms with E-state index < -0.39 is 6.04 Å². The zero-order chi connectivity index (χ0) is 21.4. The smallest absolute Gasteiger partial charge is 0.243 e. The molecule has 2 rings (SSSR count). The third-order valence-corrected chi connectivity index (χ3v) is 5.66. The first-order valence-electron chi connectivity index (χ1n) is 10.2. The fraction of sp³-hybridized carbons (Fsp3) is 0.417. The lowest BCUT2D eigenvalue weighted by Crippen LogP contribution is -2.51. The third kappa shape index (κ3) is 6.33. The molecule has 0 fully saturated rings. The van der Waals surface area contributed by atoms with Crippen LogP contribution in [0.5, 0.6) is 0 Å². The Morgan fingerprint density at radius 3 is 2.21 bits per heavy atom. The van der Waals surface area contributed by atoms with Crippen LogP contribution in [-0.4, -0.2) is 28.8 Å². The lowest BCUT2D eigenvalue weighted by molar-refractivity contribution is -0.141. The highest BCUT2D eigenvalue weighted by atomic mass is 35.5. The van der Waals surface area contributed by atoms with Gasteiger partial charge in [-0.05, 0) is 49.4 Å². The first kappa shape index (κ1) is 23.0. The Morgan fingerprint density at radius 2 is 1.62 bits per heavy atom. The number of amides is 2. The van der Waals surface area contributed by atoms with E-state index in [1.165, 1.54) is 0 Å². The van der Waals surface area contributed by atoms with Gasteiger partial charge in [0, 0.05) is 17.6 Å². The van der Waals surface area contributed by atoms with Gasteiger partial charge in [-0.25, -0.2) is 0 Å². The largest absolute Gasteiger partial charge is 0.352 e. The summed E-state index contributed by atoms with van der Waals surface area (Å²) in [7, 11) is 0. The van der Waals surface area contributed by atoms with Crippen LogP contribution < -0.4 is 5.32 Å². The monoisotopic (exact) mass is 414 g/mol. The first-order valence-corrected chi connectivity index (χ1v) is 10.6. The Kier molecular flexibility index (Phi) is 8.71. The summed E-state index contributed by atoms with van der Waals surface area (Å²) in [5.74, 6) is -0.197. The van der Waals surface area contributed by atoms with Crippen molar-refractivity contribution in [3.63, 3.8) is 0 Å². The maximum Gasteiger partial charge on any atom is 0.243 e. The first-order chi connectivity index (χ1) is 13.9. The van der Waals surface area contributed by atoms with Gasteiger partial charge in [0.2, 0.25) is 11.8 Å². The van der Waals surface area contributed by atoms with E-state index in [0.717, 1.165) is 23.1 Å². The standard InChI is InChI=1S/C24H31ClN2O2/c1-5-18(4)26-24(29)22(6-2)27(16-20-13-9-10-14-21(20)25)23(28)15-19-12-8-7-11-17(19)3/h7-14,18,22H,5-6,15-16H2,1-4H3,(H,26,29)/t18-,22+/m0/s1. The number of nitrogens with zero attached hydrogens (tertiary/aromatic N) is 1. The van der Waals surface area contributed by atoms with Crippen LogP contribution in [0.1, 0.15) is 50.3 Å². The van der Waals surface area contributed by atoms with Crippen molar-refractivity contribution >= 4 is 23.4 Å². The molecule has 29 heavy (non-hydrogen) atoms. The molecule has 0 aliphatic heterocycles. The van der Waals surface area contributed by atoms with Crippen molar-refractivity contribution in [2.24, 2.45) is 0 Å². The molecule has 2 amide bonds. The minimum atomic E-state index is -0.545. The number of carbonyl (C=O) groups is 2. The molecule has 156 valence electrons. The number of hydrogen-bond donors (Lipinski definition) is 1. The van der Waals surface area contributed by atoms with Crippen LogP contribution in [0, 0.1) is 6.92 Å². The topological polar surface area (TPSA) is 49.4 Å². The average Bonchev–Trinajstić information content (AvgIpc) is 2.70. The fourth-order valence-electron chi connectivity index (χ4n) is 3.24. The summed E-state index contributed by atoms with van der Waals surface area (Å²) in [6.07, 6.45) is 1.63. The Hall–Kier alpha value is -2.33. The molecule has 0 spiro atoms. The molecule has 2 aromatic carbocycles. The fourth-order valence-corrected chi connectivity index (χ4v) is 3.44. The van der Waals surface area contributed by atoms with E-state index in [4.69, 9.17) is 11.6 Å². The van der Waals surface area contributed by atoms with Crippen LogP contribution in [-0.2, 0) is 22.6 Å². The molecule has 1 N–H and O–H groups in total. The van der Waals surface area contributed by atoms with Gasteiger partial charge in [-0.15, -0.1) is 0 Å². The summed E-state index contributed by atoms with van der Waals surface area (Å²) in [5.41, 5.74) is 2.87. The van der Waals surface area contributed by atoms with Crippen molar-refractivity contribution < 1.29 is 9.59 Å². The van der Waals surface area contributed by atoms with Gasteiger partial charge < -0.3 is 10.2 Å². The molecule has 0 saturated heterocycles. The maximum atomic E-state index is 13.3.